The molecule has 1 aliphatic rings. The summed E-state index contributed by atoms with van der Waals surface area (Å²) in [5.41, 5.74) is 2.37. The van der Waals surface area contributed by atoms with Crippen molar-refractivity contribution in [2.24, 2.45) is 0 Å². The number of hydrogen-bond acceptors (Lipinski definition) is 6. The lowest BCUT2D eigenvalue weighted by Crippen LogP contribution is -2.44. The van der Waals surface area contributed by atoms with Gasteiger partial charge >= 0.3 is 5.97 Å². The Morgan fingerprint density at radius 3 is 2.57 bits per heavy atom. The zero-order valence-corrected chi connectivity index (χ0v) is 17.8. The largest absolute Gasteiger partial charge is 0.496 e. The van der Waals surface area contributed by atoms with Crippen LogP contribution in [-0.2, 0) is 11.3 Å². The predicted molar refractivity (Wildman–Crippen MR) is 114 cm³/mol. The van der Waals surface area contributed by atoms with Gasteiger partial charge in [-0.2, -0.15) is 0 Å². The van der Waals surface area contributed by atoms with Crippen LogP contribution in [0.5, 0.6) is 5.75 Å². The fourth-order valence-corrected chi connectivity index (χ4v) is 3.68. The minimum Gasteiger partial charge on any atom is -0.496 e. The third kappa shape index (κ3) is 5.36. The van der Waals surface area contributed by atoms with Gasteiger partial charge in [-0.1, -0.05) is 18.2 Å². The summed E-state index contributed by atoms with van der Waals surface area (Å²) in [6.45, 7) is 6.40. The molecular weight excluding hydrogens is 382 g/mol. The number of aromatic nitrogens is 1. The molecule has 1 saturated heterocycles. The molecule has 0 bridgehead atoms. The van der Waals surface area contributed by atoms with Gasteiger partial charge in [0.1, 0.15) is 11.4 Å². The molecule has 1 amide bonds. The van der Waals surface area contributed by atoms with Gasteiger partial charge in [0, 0.05) is 31.2 Å². The number of esters is 1. The van der Waals surface area contributed by atoms with Gasteiger partial charge in [-0.3, -0.25) is 9.69 Å². The number of aryl methyl sites for hydroxylation is 1. The van der Waals surface area contributed by atoms with Crippen molar-refractivity contribution in [2.45, 2.75) is 39.3 Å². The average molecular weight is 412 g/mol. The lowest BCUT2D eigenvalue weighted by Gasteiger charge is -2.32. The van der Waals surface area contributed by atoms with Gasteiger partial charge in [0.25, 0.3) is 5.91 Å². The quantitative estimate of drug-likeness (QED) is 0.706. The van der Waals surface area contributed by atoms with Crippen LogP contribution < -0.4 is 10.1 Å². The normalized spacial score (nSPS) is 14.9. The molecule has 0 unspecified atom stereocenters. The first-order valence-corrected chi connectivity index (χ1v) is 10.3. The zero-order valence-electron chi connectivity index (χ0n) is 17.8. The molecule has 0 radical (unpaired) electrons. The molecule has 1 N–H and O–H groups in total. The molecule has 0 atom stereocenters. The van der Waals surface area contributed by atoms with Crippen molar-refractivity contribution in [3.05, 3.63) is 58.9 Å². The molecule has 7 nitrogen and oxygen atoms in total. The molecule has 0 saturated carbocycles. The lowest BCUT2D eigenvalue weighted by molar-refractivity contribution is 0.0524. The van der Waals surface area contributed by atoms with E-state index in [4.69, 9.17) is 9.47 Å². The van der Waals surface area contributed by atoms with Crippen LogP contribution in [0.25, 0.3) is 0 Å². The summed E-state index contributed by atoms with van der Waals surface area (Å²) < 4.78 is 10.4. The van der Waals surface area contributed by atoms with E-state index in [2.05, 4.69) is 21.3 Å². The van der Waals surface area contributed by atoms with Crippen LogP contribution in [-0.4, -0.2) is 54.6 Å². The first kappa shape index (κ1) is 21.8. The fraction of sp³-hybridized carbons (Fsp3) is 0.435. The SMILES string of the molecule is CCOC(=O)c1ccc(C(=O)NC2CCN(Cc3ccccc3OC)CC2)nc1C. The Labute approximate surface area is 177 Å². The van der Waals surface area contributed by atoms with Gasteiger partial charge in [-0.25, -0.2) is 9.78 Å². The van der Waals surface area contributed by atoms with Crippen molar-refractivity contribution in [2.75, 3.05) is 26.8 Å². The van der Waals surface area contributed by atoms with E-state index in [1.165, 1.54) is 5.56 Å². The second-order valence-corrected chi connectivity index (χ2v) is 7.39. The van der Waals surface area contributed by atoms with Crippen LogP contribution >= 0.6 is 0 Å². The van der Waals surface area contributed by atoms with E-state index in [0.29, 0.717) is 23.6 Å². The highest BCUT2D eigenvalue weighted by atomic mass is 16.5. The number of nitrogens with one attached hydrogen (secondary N) is 1. The number of methoxy groups -OCH3 is 1. The van der Waals surface area contributed by atoms with Gasteiger partial charge in [0.05, 0.1) is 25.0 Å². The van der Waals surface area contributed by atoms with Gasteiger partial charge in [-0.05, 0) is 44.9 Å². The van der Waals surface area contributed by atoms with Crippen molar-refractivity contribution >= 4 is 11.9 Å². The molecular formula is C23H29N3O4. The molecule has 0 aliphatic carbocycles. The number of rotatable bonds is 7. The molecule has 7 heteroatoms. The Hall–Kier alpha value is -2.93. The second-order valence-electron chi connectivity index (χ2n) is 7.39. The molecule has 160 valence electrons. The molecule has 30 heavy (non-hydrogen) atoms. The Morgan fingerprint density at radius 1 is 1.17 bits per heavy atom. The van der Waals surface area contributed by atoms with E-state index in [1.54, 1.807) is 33.1 Å². The first-order valence-electron chi connectivity index (χ1n) is 10.3. The molecule has 0 spiro atoms. The summed E-state index contributed by atoms with van der Waals surface area (Å²) >= 11 is 0. The average Bonchev–Trinajstić information content (AvgIpc) is 2.75. The Morgan fingerprint density at radius 2 is 1.90 bits per heavy atom. The maximum atomic E-state index is 12.6. The number of hydrogen-bond donors (Lipinski definition) is 1. The Balaban J connectivity index is 1.53. The van der Waals surface area contributed by atoms with E-state index in [1.807, 2.05) is 18.2 Å². The van der Waals surface area contributed by atoms with Gasteiger partial charge in [-0.15, -0.1) is 0 Å². The van der Waals surface area contributed by atoms with Crippen molar-refractivity contribution in [1.29, 1.82) is 0 Å². The summed E-state index contributed by atoms with van der Waals surface area (Å²) in [6.07, 6.45) is 1.75. The monoisotopic (exact) mass is 411 g/mol. The minimum atomic E-state index is -0.420. The number of benzene rings is 1. The number of nitrogens with zero attached hydrogens (tertiary/aromatic N) is 2. The third-order valence-electron chi connectivity index (χ3n) is 5.32. The van der Waals surface area contributed by atoms with Crippen LogP contribution in [0.15, 0.2) is 36.4 Å². The molecule has 3 rings (SSSR count). The van der Waals surface area contributed by atoms with Crippen molar-refractivity contribution < 1.29 is 19.1 Å². The maximum Gasteiger partial charge on any atom is 0.339 e. The van der Waals surface area contributed by atoms with Crippen molar-refractivity contribution in [3.63, 3.8) is 0 Å². The number of piperidine rings is 1. The second kappa shape index (κ2) is 10.2. The zero-order chi connectivity index (χ0) is 21.5. The maximum absolute atomic E-state index is 12.6. The smallest absolute Gasteiger partial charge is 0.339 e. The number of para-hydroxylation sites is 1. The van der Waals surface area contributed by atoms with E-state index < -0.39 is 5.97 Å². The van der Waals surface area contributed by atoms with Crippen LogP contribution in [0.2, 0.25) is 0 Å². The highest BCUT2D eigenvalue weighted by Gasteiger charge is 2.23. The molecule has 1 fully saturated rings. The van der Waals surface area contributed by atoms with E-state index >= 15 is 0 Å². The van der Waals surface area contributed by atoms with Crippen LogP contribution in [0.1, 0.15) is 51.9 Å². The number of carbonyl (C=O) groups is 2. The molecule has 1 aromatic heterocycles. The van der Waals surface area contributed by atoms with Crippen molar-refractivity contribution in [1.82, 2.24) is 15.2 Å². The van der Waals surface area contributed by atoms with E-state index in [9.17, 15) is 9.59 Å². The number of pyridine rings is 1. The molecule has 2 aromatic rings. The van der Waals surface area contributed by atoms with Crippen molar-refractivity contribution in [3.8, 4) is 5.75 Å². The third-order valence-corrected chi connectivity index (χ3v) is 5.32. The summed E-state index contributed by atoms with van der Waals surface area (Å²) in [7, 11) is 1.69. The number of amides is 1. The Bertz CT molecular complexity index is 892. The lowest BCUT2D eigenvalue weighted by atomic mass is 10.0. The summed E-state index contributed by atoms with van der Waals surface area (Å²) in [4.78, 5) is 31.2. The van der Waals surface area contributed by atoms with Gasteiger partial charge in [0.2, 0.25) is 0 Å². The van der Waals surface area contributed by atoms with Crippen LogP contribution in [0.4, 0.5) is 0 Å². The number of ether oxygens (including phenoxy) is 2. The standard InChI is InChI=1S/C23H29N3O4/c1-4-30-23(28)19-9-10-20(24-16(19)2)22(27)25-18-11-13-26(14-12-18)15-17-7-5-6-8-21(17)29-3/h5-10,18H,4,11-15H2,1-3H3,(H,25,27). The first-order chi connectivity index (χ1) is 14.5. The summed E-state index contributed by atoms with van der Waals surface area (Å²) in [6, 6.07) is 11.3. The highest BCUT2D eigenvalue weighted by molar-refractivity contribution is 5.95. The minimum absolute atomic E-state index is 0.109. The highest BCUT2D eigenvalue weighted by Crippen LogP contribution is 2.21. The Kier molecular flexibility index (Phi) is 7.41. The molecule has 1 aliphatic heterocycles. The topological polar surface area (TPSA) is 80.8 Å². The number of likely N-dealkylation sites (tertiary alicyclic amines) is 1. The van der Waals surface area contributed by atoms with Gasteiger partial charge < -0.3 is 14.8 Å². The predicted octanol–water partition coefficient (Wildman–Crippen LogP) is 2.97. The fourth-order valence-electron chi connectivity index (χ4n) is 3.68. The van der Waals surface area contributed by atoms with Crippen LogP contribution in [0, 0.1) is 6.92 Å². The number of carbonyl (C=O) groups excluding carboxylic acids is 2. The van der Waals surface area contributed by atoms with Gasteiger partial charge in [0.15, 0.2) is 0 Å². The van der Waals surface area contributed by atoms with E-state index in [0.717, 1.165) is 38.2 Å². The van der Waals surface area contributed by atoms with Crippen LogP contribution in [0.3, 0.4) is 0 Å². The summed E-state index contributed by atoms with van der Waals surface area (Å²) in [5, 5.41) is 3.07. The van der Waals surface area contributed by atoms with E-state index in [-0.39, 0.29) is 11.9 Å². The molecule has 2 heterocycles. The molecule has 1 aromatic carbocycles. The summed E-state index contributed by atoms with van der Waals surface area (Å²) in [5.74, 6) is 0.272.